The van der Waals surface area contributed by atoms with Crippen molar-refractivity contribution in [2.24, 2.45) is 0 Å². The number of allylic oxidation sites excluding steroid dienone is 1. The van der Waals surface area contributed by atoms with Crippen LogP contribution in [0.2, 0.25) is 0 Å². The average molecular weight is 457 g/mol. The highest BCUT2D eigenvalue weighted by Gasteiger charge is 2.37. The van der Waals surface area contributed by atoms with E-state index in [9.17, 15) is 4.79 Å². The van der Waals surface area contributed by atoms with Crippen LogP contribution in [-0.4, -0.2) is 39.5 Å². The number of rotatable bonds is 6. The molecule has 0 aromatic heterocycles. The summed E-state index contributed by atoms with van der Waals surface area (Å²) in [7, 11) is 6.02. The van der Waals surface area contributed by atoms with Crippen LogP contribution in [0.25, 0.3) is 0 Å². The van der Waals surface area contributed by atoms with Crippen LogP contribution >= 0.6 is 12.2 Å². The van der Waals surface area contributed by atoms with Crippen LogP contribution in [0.4, 0.5) is 5.69 Å². The van der Waals surface area contributed by atoms with Crippen molar-refractivity contribution < 1.29 is 23.7 Å². The smallest absolute Gasteiger partial charge is 0.337 e. The summed E-state index contributed by atoms with van der Waals surface area (Å²) in [6.45, 7) is 5.90. The van der Waals surface area contributed by atoms with Gasteiger partial charge in [0.2, 0.25) is 0 Å². The molecule has 0 unspecified atom stereocenters. The lowest BCUT2D eigenvalue weighted by atomic mass is 9.93. The number of thiocarbonyl (C=S) groups is 1. The predicted molar refractivity (Wildman–Crippen MR) is 128 cm³/mol. The van der Waals surface area contributed by atoms with Crippen LogP contribution in [0, 0.1) is 13.8 Å². The van der Waals surface area contributed by atoms with E-state index in [0.29, 0.717) is 39.2 Å². The largest absolute Gasteiger partial charge is 0.496 e. The molecular formula is C24H28N2O5S. The number of carbonyl (C=O) groups is 1. The fourth-order valence-corrected chi connectivity index (χ4v) is 4.38. The quantitative estimate of drug-likeness (QED) is 0.512. The van der Waals surface area contributed by atoms with Gasteiger partial charge in [0.05, 0.1) is 40.1 Å². The number of hydrogen-bond donors (Lipinski definition) is 1. The SMILES string of the molecule is COC(=O)C1=C(C)N(c2cc(C)cc(C)c2)C(=S)N[C@H]1c1cc(OC)c(OC)cc1OC. The van der Waals surface area contributed by atoms with Gasteiger partial charge in [-0.3, -0.25) is 4.90 Å². The Bertz CT molecular complexity index is 1080. The zero-order valence-electron chi connectivity index (χ0n) is 19.4. The second-order valence-electron chi connectivity index (χ2n) is 7.50. The van der Waals surface area contributed by atoms with Crippen molar-refractivity contribution in [2.45, 2.75) is 26.8 Å². The molecule has 0 bridgehead atoms. The van der Waals surface area contributed by atoms with Crippen molar-refractivity contribution in [3.8, 4) is 17.2 Å². The summed E-state index contributed by atoms with van der Waals surface area (Å²) in [5, 5.41) is 3.76. The van der Waals surface area contributed by atoms with E-state index in [1.165, 1.54) is 7.11 Å². The molecule has 2 aromatic carbocycles. The summed E-state index contributed by atoms with van der Waals surface area (Å²) < 4.78 is 21.6. The number of anilines is 1. The number of methoxy groups -OCH3 is 4. The van der Waals surface area contributed by atoms with Crippen molar-refractivity contribution in [3.05, 3.63) is 58.3 Å². The molecule has 1 N–H and O–H groups in total. The minimum absolute atomic E-state index is 0.422. The molecule has 1 heterocycles. The van der Waals surface area contributed by atoms with Crippen molar-refractivity contribution >= 4 is 29.0 Å². The summed E-state index contributed by atoms with van der Waals surface area (Å²) in [5.41, 5.74) is 4.83. The lowest BCUT2D eigenvalue weighted by molar-refractivity contribution is -0.136. The average Bonchev–Trinajstić information content (AvgIpc) is 2.76. The monoisotopic (exact) mass is 456 g/mol. The lowest BCUT2D eigenvalue weighted by Gasteiger charge is -2.38. The first-order chi connectivity index (χ1) is 15.2. The minimum atomic E-state index is -0.605. The van der Waals surface area contributed by atoms with Crippen molar-refractivity contribution in [3.63, 3.8) is 0 Å². The molecule has 0 saturated heterocycles. The number of esters is 1. The molecule has 1 aliphatic heterocycles. The van der Waals surface area contributed by atoms with Crippen LogP contribution in [-0.2, 0) is 9.53 Å². The van der Waals surface area contributed by atoms with Crippen LogP contribution in [0.1, 0.15) is 29.7 Å². The van der Waals surface area contributed by atoms with Gasteiger partial charge in [-0.2, -0.15) is 0 Å². The van der Waals surface area contributed by atoms with Crippen molar-refractivity contribution in [1.82, 2.24) is 5.32 Å². The Hall–Kier alpha value is -3.26. The standard InChI is InChI=1S/C24H28N2O5S/c1-13-8-14(2)10-16(9-13)26-15(3)21(23(27)31-7)22(25-24(26)32)17-11-19(29-5)20(30-6)12-18(17)28-4/h8-12,22H,1-7H3,(H,25,32)/t22-/m0/s1. The Morgan fingerprint density at radius 2 is 1.44 bits per heavy atom. The zero-order valence-corrected chi connectivity index (χ0v) is 20.2. The Morgan fingerprint density at radius 3 is 1.97 bits per heavy atom. The topological polar surface area (TPSA) is 69.3 Å². The fourth-order valence-electron chi connectivity index (χ4n) is 4.02. The van der Waals surface area contributed by atoms with E-state index in [2.05, 4.69) is 11.4 Å². The molecule has 0 aliphatic carbocycles. The van der Waals surface area contributed by atoms with Gasteiger partial charge >= 0.3 is 5.97 Å². The van der Waals surface area contributed by atoms with Crippen LogP contribution < -0.4 is 24.4 Å². The van der Waals surface area contributed by atoms with Crippen molar-refractivity contribution in [1.29, 1.82) is 0 Å². The number of carbonyl (C=O) groups excluding carboxylic acids is 1. The highest BCUT2D eigenvalue weighted by Crippen LogP contribution is 2.42. The lowest BCUT2D eigenvalue weighted by Crippen LogP contribution is -2.48. The normalized spacial score (nSPS) is 15.9. The highest BCUT2D eigenvalue weighted by atomic mass is 32.1. The maximum atomic E-state index is 13.0. The molecule has 8 heteroatoms. The number of aryl methyl sites for hydroxylation is 2. The summed E-state index contributed by atoms with van der Waals surface area (Å²) in [6, 6.07) is 9.03. The second-order valence-corrected chi connectivity index (χ2v) is 7.89. The first kappa shape index (κ1) is 23.4. The summed E-state index contributed by atoms with van der Waals surface area (Å²) in [4.78, 5) is 14.8. The molecule has 7 nitrogen and oxygen atoms in total. The van der Waals surface area contributed by atoms with Gasteiger partial charge in [0.1, 0.15) is 5.75 Å². The van der Waals surface area contributed by atoms with Gasteiger partial charge in [0.25, 0.3) is 0 Å². The Kier molecular flexibility index (Phi) is 6.93. The molecule has 1 aliphatic rings. The predicted octanol–water partition coefficient (Wildman–Crippen LogP) is 4.21. The van der Waals surface area contributed by atoms with E-state index in [1.54, 1.807) is 33.5 Å². The number of nitrogens with zero attached hydrogens (tertiary/aromatic N) is 1. The van der Waals surface area contributed by atoms with Gasteiger partial charge in [-0.05, 0) is 62.3 Å². The molecule has 3 rings (SSSR count). The van der Waals surface area contributed by atoms with Gasteiger partial charge in [0, 0.05) is 23.0 Å². The third-order valence-electron chi connectivity index (χ3n) is 5.40. The first-order valence-electron chi connectivity index (χ1n) is 10.0. The third kappa shape index (κ3) is 4.23. The minimum Gasteiger partial charge on any atom is -0.496 e. The van der Waals surface area contributed by atoms with Gasteiger partial charge < -0.3 is 24.3 Å². The van der Waals surface area contributed by atoms with E-state index in [0.717, 1.165) is 16.8 Å². The molecule has 0 spiro atoms. The number of benzene rings is 2. The van der Waals surface area contributed by atoms with Crippen LogP contribution in [0.15, 0.2) is 41.6 Å². The van der Waals surface area contributed by atoms with Crippen LogP contribution in [0.5, 0.6) is 17.2 Å². The Morgan fingerprint density at radius 1 is 0.875 bits per heavy atom. The maximum Gasteiger partial charge on any atom is 0.337 e. The highest BCUT2D eigenvalue weighted by molar-refractivity contribution is 7.80. The molecule has 2 aromatic rings. The Balaban J connectivity index is 2.24. The van der Waals surface area contributed by atoms with Gasteiger partial charge in [-0.1, -0.05) is 6.07 Å². The second kappa shape index (κ2) is 9.48. The molecule has 0 fully saturated rings. The maximum absolute atomic E-state index is 13.0. The first-order valence-corrected chi connectivity index (χ1v) is 10.4. The van der Waals surface area contributed by atoms with Gasteiger partial charge in [-0.25, -0.2) is 4.79 Å². The molecule has 32 heavy (non-hydrogen) atoms. The van der Waals surface area contributed by atoms with E-state index in [1.807, 2.05) is 37.8 Å². The molecule has 0 radical (unpaired) electrons. The van der Waals surface area contributed by atoms with Gasteiger partial charge in [-0.15, -0.1) is 0 Å². The van der Waals surface area contributed by atoms with E-state index in [-0.39, 0.29) is 0 Å². The van der Waals surface area contributed by atoms with Gasteiger partial charge in [0.15, 0.2) is 16.6 Å². The number of hydrogen-bond acceptors (Lipinski definition) is 6. The molecule has 0 amide bonds. The molecule has 170 valence electrons. The van der Waals surface area contributed by atoms with E-state index in [4.69, 9.17) is 31.2 Å². The van der Waals surface area contributed by atoms with E-state index < -0.39 is 12.0 Å². The molecule has 1 atom stereocenters. The van der Waals surface area contributed by atoms with E-state index >= 15 is 0 Å². The summed E-state index contributed by atoms with van der Waals surface area (Å²) in [5.74, 6) is 1.09. The fraction of sp³-hybridized carbons (Fsp3) is 0.333. The van der Waals surface area contributed by atoms with Crippen molar-refractivity contribution in [2.75, 3.05) is 33.3 Å². The van der Waals surface area contributed by atoms with Crippen LogP contribution in [0.3, 0.4) is 0 Å². The third-order valence-corrected chi connectivity index (χ3v) is 5.70. The molecular weight excluding hydrogens is 428 g/mol. The summed E-state index contributed by atoms with van der Waals surface area (Å²) >= 11 is 5.75. The number of ether oxygens (including phenoxy) is 4. The molecule has 0 saturated carbocycles. The number of nitrogens with one attached hydrogen (secondary N) is 1. The Labute approximate surface area is 193 Å². The summed E-state index contributed by atoms with van der Waals surface area (Å²) in [6.07, 6.45) is 0. The zero-order chi connectivity index (χ0) is 23.6.